The third kappa shape index (κ3) is 1.99. The molecule has 0 fully saturated rings. The Morgan fingerprint density at radius 1 is 1.31 bits per heavy atom. The van der Waals surface area contributed by atoms with Gasteiger partial charge in [-0.05, 0) is 25.6 Å². The van der Waals surface area contributed by atoms with Gasteiger partial charge in [-0.15, -0.1) is 10.2 Å². The molecule has 6 nitrogen and oxygen atoms in total. The first kappa shape index (κ1) is 10.9. The highest BCUT2D eigenvalue weighted by Crippen LogP contribution is 2.26. The highest BCUT2D eigenvalue weighted by atomic mass is 32.2. The van der Waals surface area contributed by atoms with Crippen LogP contribution in [0.4, 0.5) is 5.95 Å². The van der Waals surface area contributed by atoms with Crippen LogP contribution in [0.3, 0.4) is 0 Å². The SMILES string of the molecule is Cc1cnc(N)nc1Sc1nnc(C)n1C. The molecule has 2 heterocycles. The lowest BCUT2D eigenvalue weighted by atomic mass is 10.4. The Hall–Kier alpha value is -1.63. The van der Waals surface area contributed by atoms with Crippen molar-refractivity contribution < 1.29 is 0 Å². The van der Waals surface area contributed by atoms with Crippen LogP contribution >= 0.6 is 11.8 Å². The van der Waals surface area contributed by atoms with Crippen LogP contribution in [0.25, 0.3) is 0 Å². The van der Waals surface area contributed by atoms with Crippen LogP contribution in [0.5, 0.6) is 0 Å². The lowest BCUT2D eigenvalue weighted by Gasteiger charge is -2.04. The fourth-order valence-electron chi connectivity index (χ4n) is 1.11. The Kier molecular flexibility index (Phi) is 2.78. The largest absolute Gasteiger partial charge is 0.368 e. The van der Waals surface area contributed by atoms with E-state index in [-0.39, 0.29) is 5.95 Å². The minimum absolute atomic E-state index is 0.270. The van der Waals surface area contributed by atoms with E-state index in [0.717, 1.165) is 21.6 Å². The van der Waals surface area contributed by atoms with Gasteiger partial charge in [0.05, 0.1) is 0 Å². The number of aryl methyl sites for hydroxylation is 2. The van der Waals surface area contributed by atoms with Gasteiger partial charge in [0.15, 0.2) is 5.16 Å². The quantitative estimate of drug-likeness (QED) is 0.782. The summed E-state index contributed by atoms with van der Waals surface area (Å²) in [5.41, 5.74) is 6.52. The number of anilines is 1. The van der Waals surface area contributed by atoms with Crippen molar-refractivity contribution in [2.45, 2.75) is 24.0 Å². The van der Waals surface area contributed by atoms with E-state index in [1.807, 2.05) is 25.5 Å². The highest BCUT2D eigenvalue weighted by Gasteiger charge is 2.10. The van der Waals surface area contributed by atoms with Crippen LogP contribution < -0.4 is 5.73 Å². The first-order valence-corrected chi connectivity index (χ1v) is 5.52. The van der Waals surface area contributed by atoms with Crippen LogP contribution in [0.1, 0.15) is 11.4 Å². The first-order chi connectivity index (χ1) is 7.58. The van der Waals surface area contributed by atoms with Gasteiger partial charge in [0.2, 0.25) is 5.95 Å². The third-order valence-corrected chi connectivity index (χ3v) is 3.33. The van der Waals surface area contributed by atoms with E-state index in [1.165, 1.54) is 11.8 Å². The van der Waals surface area contributed by atoms with Crippen molar-refractivity contribution >= 4 is 17.7 Å². The number of nitrogens with zero attached hydrogens (tertiary/aromatic N) is 5. The first-order valence-electron chi connectivity index (χ1n) is 4.71. The highest BCUT2D eigenvalue weighted by molar-refractivity contribution is 7.99. The van der Waals surface area contributed by atoms with Gasteiger partial charge in [0.25, 0.3) is 0 Å². The normalized spacial score (nSPS) is 10.7. The lowest BCUT2D eigenvalue weighted by Crippen LogP contribution is -1.99. The molecule has 2 N–H and O–H groups in total. The molecule has 0 spiro atoms. The Morgan fingerprint density at radius 3 is 2.69 bits per heavy atom. The van der Waals surface area contributed by atoms with E-state index in [4.69, 9.17) is 5.73 Å². The predicted molar refractivity (Wildman–Crippen MR) is 61.0 cm³/mol. The molecule has 0 unspecified atom stereocenters. The summed E-state index contributed by atoms with van der Waals surface area (Å²) in [5, 5.41) is 9.64. The maximum atomic E-state index is 5.55. The number of hydrogen-bond donors (Lipinski definition) is 1. The van der Waals surface area contributed by atoms with Gasteiger partial charge < -0.3 is 10.3 Å². The fourth-order valence-corrected chi connectivity index (χ4v) is 1.98. The molecular weight excluding hydrogens is 224 g/mol. The molecule has 0 aliphatic rings. The van der Waals surface area contributed by atoms with Crippen molar-refractivity contribution in [2.24, 2.45) is 7.05 Å². The Balaban J connectivity index is 2.33. The average Bonchev–Trinajstić information content (AvgIpc) is 2.55. The maximum absolute atomic E-state index is 5.55. The molecule has 84 valence electrons. The molecule has 2 aromatic heterocycles. The van der Waals surface area contributed by atoms with Crippen LogP contribution in [0.2, 0.25) is 0 Å². The van der Waals surface area contributed by atoms with Crippen LogP contribution in [-0.2, 0) is 7.05 Å². The minimum Gasteiger partial charge on any atom is -0.368 e. The zero-order valence-corrected chi connectivity index (χ0v) is 10.1. The topological polar surface area (TPSA) is 82.5 Å². The summed E-state index contributed by atoms with van der Waals surface area (Å²) in [6.07, 6.45) is 1.70. The standard InChI is InChI=1S/C9H12N6S/c1-5-4-11-8(10)12-7(5)16-9-14-13-6(2)15(9)3/h4H,1-3H3,(H2,10,11,12). The molecule has 0 bridgehead atoms. The molecule has 16 heavy (non-hydrogen) atoms. The Bertz CT molecular complexity index is 521. The Morgan fingerprint density at radius 2 is 2.06 bits per heavy atom. The summed E-state index contributed by atoms with van der Waals surface area (Å²) >= 11 is 1.43. The Labute approximate surface area is 97.3 Å². The van der Waals surface area contributed by atoms with Gasteiger partial charge in [0, 0.05) is 18.8 Å². The zero-order chi connectivity index (χ0) is 11.7. The summed E-state index contributed by atoms with van der Waals surface area (Å²) in [7, 11) is 1.91. The van der Waals surface area contributed by atoms with Crippen molar-refractivity contribution in [1.29, 1.82) is 0 Å². The second-order valence-electron chi connectivity index (χ2n) is 3.41. The molecule has 0 atom stereocenters. The van der Waals surface area contributed by atoms with Crippen molar-refractivity contribution in [1.82, 2.24) is 24.7 Å². The minimum atomic E-state index is 0.270. The molecular formula is C9H12N6S. The van der Waals surface area contributed by atoms with E-state index in [2.05, 4.69) is 20.2 Å². The van der Waals surface area contributed by atoms with Crippen LogP contribution in [-0.4, -0.2) is 24.7 Å². The van der Waals surface area contributed by atoms with E-state index < -0.39 is 0 Å². The summed E-state index contributed by atoms with van der Waals surface area (Å²) in [6.45, 7) is 3.84. The monoisotopic (exact) mass is 236 g/mol. The molecule has 0 saturated carbocycles. The van der Waals surface area contributed by atoms with Crippen molar-refractivity contribution in [3.8, 4) is 0 Å². The molecule has 0 aliphatic carbocycles. The van der Waals surface area contributed by atoms with Crippen molar-refractivity contribution in [3.63, 3.8) is 0 Å². The van der Waals surface area contributed by atoms with Gasteiger partial charge in [-0.1, -0.05) is 0 Å². The fraction of sp³-hybridized carbons (Fsp3) is 0.333. The van der Waals surface area contributed by atoms with Crippen LogP contribution in [0.15, 0.2) is 16.4 Å². The summed E-state index contributed by atoms with van der Waals surface area (Å²) in [4.78, 5) is 8.09. The molecule has 7 heteroatoms. The molecule has 0 aliphatic heterocycles. The third-order valence-electron chi connectivity index (χ3n) is 2.18. The second kappa shape index (κ2) is 4.09. The molecule has 2 rings (SSSR count). The molecule has 0 radical (unpaired) electrons. The number of hydrogen-bond acceptors (Lipinski definition) is 6. The van der Waals surface area contributed by atoms with E-state index >= 15 is 0 Å². The van der Waals surface area contributed by atoms with E-state index in [1.54, 1.807) is 6.20 Å². The lowest BCUT2D eigenvalue weighted by molar-refractivity contribution is 0.764. The van der Waals surface area contributed by atoms with E-state index in [9.17, 15) is 0 Å². The summed E-state index contributed by atoms with van der Waals surface area (Å²) in [5.74, 6) is 1.13. The predicted octanol–water partition coefficient (Wildman–Crippen LogP) is 0.955. The number of nitrogen functional groups attached to an aromatic ring is 1. The zero-order valence-electron chi connectivity index (χ0n) is 9.30. The number of rotatable bonds is 2. The van der Waals surface area contributed by atoms with E-state index in [0.29, 0.717) is 0 Å². The molecule has 2 aromatic rings. The second-order valence-corrected chi connectivity index (χ2v) is 4.36. The van der Waals surface area contributed by atoms with Crippen LogP contribution in [0, 0.1) is 13.8 Å². The molecule has 0 aromatic carbocycles. The van der Waals surface area contributed by atoms with Gasteiger partial charge in [-0.2, -0.15) is 0 Å². The van der Waals surface area contributed by atoms with Crippen molar-refractivity contribution in [3.05, 3.63) is 17.6 Å². The number of aromatic nitrogens is 5. The molecule has 0 saturated heterocycles. The summed E-state index contributed by atoms with van der Waals surface area (Å²) in [6, 6.07) is 0. The smallest absolute Gasteiger partial charge is 0.221 e. The van der Waals surface area contributed by atoms with Gasteiger partial charge >= 0.3 is 0 Å². The average molecular weight is 236 g/mol. The van der Waals surface area contributed by atoms with Gasteiger partial charge in [-0.25, -0.2) is 9.97 Å². The van der Waals surface area contributed by atoms with Gasteiger partial charge in [0.1, 0.15) is 10.9 Å². The van der Waals surface area contributed by atoms with Gasteiger partial charge in [-0.3, -0.25) is 0 Å². The molecule has 0 amide bonds. The number of nitrogens with two attached hydrogens (primary N) is 1. The van der Waals surface area contributed by atoms with Crippen molar-refractivity contribution in [2.75, 3.05) is 5.73 Å². The maximum Gasteiger partial charge on any atom is 0.221 e. The summed E-state index contributed by atoms with van der Waals surface area (Å²) < 4.78 is 1.91.